The summed E-state index contributed by atoms with van der Waals surface area (Å²) in [6.45, 7) is 0.391. The summed E-state index contributed by atoms with van der Waals surface area (Å²) in [6.07, 6.45) is 0. The fourth-order valence-corrected chi connectivity index (χ4v) is 1.09. The molecule has 0 aromatic carbocycles. The van der Waals surface area contributed by atoms with Gasteiger partial charge in [0, 0.05) is 0 Å². The highest BCUT2D eigenvalue weighted by atomic mass is 16.6. The first-order valence-corrected chi connectivity index (χ1v) is 3.30. The summed E-state index contributed by atoms with van der Waals surface area (Å²) in [6, 6.07) is 1.88. The molecule has 1 aliphatic heterocycles. The predicted molar refractivity (Wildman–Crippen MR) is 34.7 cm³/mol. The van der Waals surface area contributed by atoms with Crippen molar-refractivity contribution >= 4 is 5.91 Å². The van der Waals surface area contributed by atoms with Crippen LogP contribution in [0.15, 0.2) is 4.63 Å². The van der Waals surface area contributed by atoms with Gasteiger partial charge in [-0.3, -0.25) is 4.79 Å². The van der Waals surface area contributed by atoms with Gasteiger partial charge < -0.3 is 4.90 Å². The first kappa shape index (κ1) is 6.79. The van der Waals surface area contributed by atoms with E-state index < -0.39 is 0 Å². The molecule has 1 aromatic heterocycles. The molecule has 0 aliphatic carbocycles. The van der Waals surface area contributed by atoms with Gasteiger partial charge in [-0.05, 0) is 5.16 Å². The van der Waals surface area contributed by atoms with Crippen LogP contribution in [0.1, 0.15) is 16.2 Å². The normalized spacial score (nSPS) is 14.6. The van der Waals surface area contributed by atoms with E-state index >= 15 is 0 Å². The topological polar surface area (TPSA) is 83.0 Å². The Bertz CT molecular complexity index is 364. The summed E-state index contributed by atoms with van der Waals surface area (Å²) in [5, 5.41) is 15.3. The zero-order valence-corrected chi connectivity index (χ0v) is 6.02. The third-order valence-electron chi connectivity index (χ3n) is 1.65. The van der Waals surface area contributed by atoms with Crippen molar-refractivity contribution in [2.24, 2.45) is 0 Å². The van der Waals surface area contributed by atoms with Gasteiger partial charge in [0.05, 0.1) is 12.6 Å². The van der Waals surface area contributed by atoms with Gasteiger partial charge >= 0.3 is 0 Å². The third kappa shape index (κ3) is 0.765. The minimum atomic E-state index is -0.284. The average Bonchev–Trinajstić information content (AvgIpc) is 2.58. The Morgan fingerprint density at radius 1 is 1.67 bits per heavy atom. The van der Waals surface area contributed by atoms with Crippen molar-refractivity contribution in [2.75, 3.05) is 6.54 Å². The van der Waals surface area contributed by atoms with Gasteiger partial charge in [0.1, 0.15) is 12.2 Å². The molecule has 0 atom stereocenters. The largest absolute Gasteiger partial charge is 0.318 e. The summed E-state index contributed by atoms with van der Waals surface area (Å²) >= 11 is 0. The quantitative estimate of drug-likeness (QED) is 0.525. The van der Waals surface area contributed by atoms with Crippen LogP contribution in [0.5, 0.6) is 0 Å². The fourth-order valence-electron chi connectivity index (χ4n) is 1.09. The second kappa shape index (κ2) is 2.30. The molecular formula is C6H4N4O2. The third-order valence-corrected chi connectivity index (χ3v) is 1.65. The lowest BCUT2D eigenvalue weighted by molar-refractivity contribution is 0.0779. The van der Waals surface area contributed by atoms with Gasteiger partial charge in [-0.25, -0.2) is 4.63 Å². The van der Waals surface area contributed by atoms with E-state index in [-0.39, 0.29) is 18.1 Å². The van der Waals surface area contributed by atoms with E-state index in [1.54, 1.807) is 0 Å². The number of amides is 1. The van der Waals surface area contributed by atoms with Gasteiger partial charge in [-0.2, -0.15) is 5.26 Å². The van der Waals surface area contributed by atoms with Crippen LogP contribution >= 0.6 is 0 Å². The Kier molecular flexibility index (Phi) is 1.30. The number of hydrogen-bond donors (Lipinski definition) is 0. The Balaban J connectivity index is 2.28. The number of rotatable bonds is 1. The molecule has 0 radical (unpaired) electrons. The molecule has 12 heavy (non-hydrogen) atoms. The highest BCUT2D eigenvalue weighted by Crippen LogP contribution is 2.17. The molecule has 0 fully saturated rings. The maximum atomic E-state index is 11.3. The number of carbonyl (C=O) groups excluding carboxylic acids is 1. The number of nitrogens with zero attached hydrogens (tertiary/aromatic N) is 4. The minimum Gasteiger partial charge on any atom is -0.318 e. The van der Waals surface area contributed by atoms with Crippen molar-refractivity contribution < 1.29 is 9.42 Å². The smallest absolute Gasteiger partial charge is 0.279 e. The van der Waals surface area contributed by atoms with E-state index in [1.165, 1.54) is 4.90 Å². The molecule has 6 nitrogen and oxygen atoms in total. The van der Waals surface area contributed by atoms with Crippen LogP contribution in [0.2, 0.25) is 0 Å². The van der Waals surface area contributed by atoms with Crippen LogP contribution in [-0.2, 0) is 6.54 Å². The van der Waals surface area contributed by atoms with Gasteiger partial charge in [0.15, 0.2) is 5.69 Å². The predicted octanol–water partition coefficient (Wildman–Crippen LogP) is -0.451. The van der Waals surface area contributed by atoms with Crippen LogP contribution in [-0.4, -0.2) is 27.7 Å². The lowest BCUT2D eigenvalue weighted by atomic mass is 10.4. The monoisotopic (exact) mass is 164 g/mol. The van der Waals surface area contributed by atoms with Crippen LogP contribution in [0.25, 0.3) is 0 Å². The van der Waals surface area contributed by atoms with Crippen LogP contribution < -0.4 is 0 Å². The zero-order chi connectivity index (χ0) is 8.55. The molecule has 0 bridgehead atoms. The Morgan fingerprint density at radius 2 is 2.50 bits per heavy atom. The molecule has 1 aromatic rings. The van der Waals surface area contributed by atoms with E-state index in [2.05, 4.69) is 14.9 Å². The molecule has 0 N–H and O–H groups in total. The summed E-state index contributed by atoms with van der Waals surface area (Å²) in [5.41, 5.74) is 0.737. The van der Waals surface area contributed by atoms with Crippen molar-refractivity contribution in [2.45, 2.75) is 6.54 Å². The minimum absolute atomic E-state index is 0.0663. The van der Waals surface area contributed by atoms with Gasteiger partial charge in [0.25, 0.3) is 5.91 Å². The molecule has 1 aliphatic rings. The number of fused-ring (bicyclic) bond motifs is 1. The summed E-state index contributed by atoms with van der Waals surface area (Å²) < 4.78 is 4.35. The number of carbonyl (C=O) groups is 1. The summed E-state index contributed by atoms with van der Waals surface area (Å²) in [7, 11) is 0. The van der Waals surface area contributed by atoms with Gasteiger partial charge in [0.2, 0.25) is 0 Å². The standard InChI is InChI=1S/C6H4N4O2/c7-1-2-10-3-4-5(6(10)11)9-12-8-4/h2-3H2. The van der Waals surface area contributed by atoms with Crippen molar-refractivity contribution in [1.29, 1.82) is 5.26 Å². The lowest BCUT2D eigenvalue weighted by Crippen LogP contribution is -2.24. The molecule has 0 unspecified atom stereocenters. The van der Waals surface area contributed by atoms with Crippen molar-refractivity contribution in [1.82, 2.24) is 15.2 Å². The molecule has 0 saturated carbocycles. The van der Waals surface area contributed by atoms with Crippen LogP contribution in [0.3, 0.4) is 0 Å². The highest BCUT2D eigenvalue weighted by Gasteiger charge is 2.32. The second-order valence-corrected chi connectivity index (χ2v) is 2.38. The van der Waals surface area contributed by atoms with Crippen molar-refractivity contribution in [3.63, 3.8) is 0 Å². The summed E-state index contributed by atoms with van der Waals surface area (Å²) in [4.78, 5) is 12.6. The van der Waals surface area contributed by atoms with Crippen molar-refractivity contribution in [3.05, 3.63) is 11.4 Å². The maximum absolute atomic E-state index is 11.3. The van der Waals surface area contributed by atoms with E-state index in [0.717, 1.165) is 0 Å². The Labute approximate surface area is 67.3 Å². The van der Waals surface area contributed by atoms with E-state index in [1.807, 2.05) is 6.07 Å². The lowest BCUT2D eigenvalue weighted by Gasteiger charge is -2.07. The molecule has 0 spiro atoms. The molecule has 0 saturated heterocycles. The summed E-state index contributed by atoms with van der Waals surface area (Å²) in [5.74, 6) is -0.284. The second-order valence-electron chi connectivity index (χ2n) is 2.38. The highest BCUT2D eigenvalue weighted by molar-refractivity contribution is 5.95. The van der Waals surface area contributed by atoms with Gasteiger partial charge in [-0.1, -0.05) is 5.16 Å². The number of aromatic nitrogens is 2. The Hall–Kier alpha value is -1.90. The maximum Gasteiger partial charge on any atom is 0.279 e. The van der Waals surface area contributed by atoms with E-state index in [0.29, 0.717) is 12.2 Å². The van der Waals surface area contributed by atoms with E-state index in [9.17, 15) is 4.79 Å². The molecule has 2 rings (SSSR count). The van der Waals surface area contributed by atoms with Crippen LogP contribution in [0.4, 0.5) is 0 Å². The Morgan fingerprint density at radius 3 is 3.17 bits per heavy atom. The first-order valence-electron chi connectivity index (χ1n) is 3.30. The van der Waals surface area contributed by atoms with E-state index in [4.69, 9.17) is 5.26 Å². The molecule has 6 heteroatoms. The zero-order valence-electron chi connectivity index (χ0n) is 6.02. The number of nitriles is 1. The van der Waals surface area contributed by atoms with Gasteiger partial charge in [-0.15, -0.1) is 0 Å². The van der Waals surface area contributed by atoms with Crippen molar-refractivity contribution in [3.8, 4) is 6.07 Å². The average molecular weight is 164 g/mol. The SMILES string of the molecule is N#CCN1Cc2nonc2C1=O. The van der Waals surface area contributed by atoms with Crippen LogP contribution in [0, 0.1) is 11.3 Å². The molecule has 1 amide bonds. The molecule has 60 valence electrons. The molecular weight excluding hydrogens is 160 g/mol. The first-order chi connectivity index (χ1) is 5.83. The molecule has 2 heterocycles. The number of hydrogen-bond acceptors (Lipinski definition) is 5. The fraction of sp³-hybridized carbons (Fsp3) is 0.333.